The van der Waals surface area contributed by atoms with Gasteiger partial charge in [-0.2, -0.15) is 0 Å². The van der Waals surface area contributed by atoms with Crippen LogP contribution in [0.5, 0.6) is 0 Å². The Morgan fingerprint density at radius 3 is 2.00 bits per heavy atom. The van der Waals surface area contributed by atoms with Crippen molar-refractivity contribution in [1.29, 1.82) is 0 Å². The van der Waals surface area contributed by atoms with E-state index in [0.717, 1.165) is 11.8 Å². The minimum Gasteiger partial charge on any atom is -0.317 e. The molecule has 1 fully saturated rings. The van der Waals surface area contributed by atoms with Crippen molar-refractivity contribution in [1.82, 2.24) is 5.32 Å². The van der Waals surface area contributed by atoms with E-state index in [1.165, 1.54) is 25.9 Å². The van der Waals surface area contributed by atoms with Crippen molar-refractivity contribution in [3.63, 3.8) is 0 Å². The van der Waals surface area contributed by atoms with E-state index in [4.69, 9.17) is 0 Å². The van der Waals surface area contributed by atoms with Crippen LogP contribution < -0.4 is 5.32 Å². The molecule has 0 aliphatic carbocycles. The van der Waals surface area contributed by atoms with Crippen molar-refractivity contribution >= 4 is 6.29 Å². The van der Waals surface area contributed by atoms with Crippen molar-refractivity contribution in [3.05, 3.63) is 35.9 Å². The van der Waals surface area contributed by atoms with Crippen LogP contribution in [0.4, 0.5) is 0 Å². The van der Waals surface area contributed by atoms with Crippen LogP contribution in [0.1, 0.15) is 23.2 Å². The quantitative estimate of drug-likeness (QED) is 0.663. The van der Waals surface area contributed by atoms with Gasteiger partial charge in [-0.3, -0.25) is 4.79 Å². The van der Waals surface area contributed by atoms with Gasteiger partial charge in [0.15, 0.2) is 0 Å². The molecule has 0 spiro atoms. The van der Waals surface area contributed by atoms with Crippen LogP contribution in [0.3, 0.4) is 0 Å². The Morgan fingerprint density at radius 1 is 1.08 bits per heavy atom. The van der Waals surface area contributed by atoms with E-state index < -0.39 is 0 Å². The summed E-state index contributed by atoms with van der Waals surface area (Å²) in [6.45, 7) is 2.50. The standard InChI is InChI=1S/C7H6O.C4H9N/c8-6-7-4-2-1-3-5-7;1-2-4-5-3-1/h1-6H;5H,1-4H2. The number of nitrogens with one attached hydrogen (secondary N) is 1. The van der Waals surface area contributed by atoms with Gasteiger partial charge in [-0.1, -0.05) is 30.3 Å². The average molecular weight is 177 g/mol. The van der Waals surface area contributed by atoms with Crippen molar-refractivity contribution in [2.75, 3.05) is 13.1 Å². The lowest BCUT2D eigenvalue weighted by molar-refractivity contribution is 0.112. The first-order chi connectivity index (χ1) is 6.43. The topological polar surface area (TPSA) is 29.1 Å². The van der Waals surface area contributed by atoms with E-state index in [-0.39, 0.29) is 0 Å². The van der Waals surface area contributed by atoms with Crippen molar-refractivity contribution < 1.29 is 4.79 Å². The molecule has 0 unspecified atom stereocenters. The lowest BCUT2D eigenvalue weighted by atomic mass is 10.2. The van der Waals surface area contributed by atoms with Crippen molar-refractivity contribution in [2.24, 2.45) is 0 Å². The lowest BCUT2D eigenvalue weighted by Gasteiger charge is -1.81. The molecule has 0 aromatic heterocycles. The Labute approximate surface area is 79.0 Å². The number of carbonyl (C=O) groups excluding carboxylic acids is 1. The summed E-state index contributed by atoms with van der Waals surface area (Å²) in [4.78, 5) is 10.0. The molecule has 2 rings (SSSR count). The van der Waals surface area contributed by atoms with Gasteiger partial charge in [0, 0.05) is 5.56 Å². The molecular weight excluding hydrogens is 162 g/mol. The molecule has 0 bridgehead atoms. The number of aldehydes is 1. The summed E-state index contributed by atoms with van der Waals surface area (Å²) in [7, 11) is 0. The molecular formula is C11H15NO. The fraction of sp³-hybridized carbons (Fsp3) is 0.364. The molecule has 70 valence electrons. The number of benzene rings is 1. The van der Waals surface area contributed by atoms with Gasteiger partial charge in [0.2, 0.25) is 0 Å². The third kappa shape index (κ3) is 4.43. The second kappa shape index (κ2) is 6.38. The van der Waals surface area contributed by atoms with Gasteiger partial charge < -0.3 is 5.32 Å². The molecule has 0 amide bonds. The van der Waals surface area contributed by atoms with Crippen LogP contribution in [0.2, 0.25) is 0 Å². The zero-order chi connectivity index (χ0) is 9.36. The van der Waals surface area contributed by atoms with Gasteiger partial charge in [0.1, 0.15) is 6.29 Å². The zero-order valence-electron chi connectivity index (χ0n) is 7.70. The first kappa shape index (κ1) is 9.93. The molecule has 2 nitrogen and oxygen atoms in total. The molecule has 2 heteroatoms. The summed E-state index contributed by atoms with van der Waals surface area (Å²) in [5.74, 6) is 0. The first-order valence-electron chi connectivity index (χ1n) is 4.64. The molecule has 1 heterocycles. The maximum atomic E-state index is 10.0. The van der Waals surface area contributed by atoms with Gasteiger partial charge in [-0.15, -0.1) is 0 Å². The Hall–Kier alpha value is -1.15. The molecule has 1 aliphatic rings. The lowest BCUT2D eigenvalue weighted by Crippen LogP contribution is -2.03. The molecule has 1 saturated heterocycles. The molecule has 1 aromatic carbocycles. The van der Waals surface area contributed by atoms with Crippen LogP contribution in [-0.4, -0.2) is 19.4 Å². The van der Waals surface area contributed by atoms with E-state index in [2.05, 4.69) is 5.32 Å². The molecule has 0 atom stereocenters. The molecule has 1 aliphatic heterocycles. The van der Waals surface area contributed by atoms with Crippen molar-refractivity contribution in [2.45, 2.75) is 12.8 Å². The van der Waals surface area contributed by atoms with Crippen molar-refractivity contribution in [3.8, 4) is 0 Å². The highest BCUT2D eigenvalue weighted by Crippen LogP contribution is 1.91. The number of hydrogen-bond donors (Lipinski definition) is 1. The third-order valence-corrected chi connectivity index (χ3v) is 1.89. The maximum absolute atomic E-state index is 10.0. The number of rotatable bonds is 1. The highest BCUT2D eigenvalue weighted by Gasteiger charge is 1.93. The van der Waals surface area contributed by atoms with Gasteiger partial charge >= 0.3 is 0 Å². The van der Waals surface area contributed by atoms with E-state index in [0.29, 0.717) is 0 Å². The Morgan fingerprint density at radius 2 is 1.69 bits per heavy atom. The zero-order valence-corrected chi connectivity index (χ0v) is 7.70. The second-order valence-electron chi connectivity index (χ2n) is 2.99. The van der Waals surface area contributed by atoms with Gasteiger partial charge in [-0.25, -0.2) is 0 Å². The SMILES string of the molecule is C1CCNC1.O=Cc1ccccc1. The van der Waals surface area contributed by atoms with Gasteiger partial charge in [0.25, 0.3) is 0 Å². The highest BCUT2D eigenvalue weighted by atomic mass is 16.1. The van der Waals surface area contributed by atoms with Gasteiger partial charge in [-0.05, 0) is 25.9 Å². The number of carbonyl (C=O) groups is 1. The first-order valence-corrected chi connectivity index (χ1v) is 4.64. The highest BCUT2D eigenvalue weighted by molar-refractivity contribution is 5.74. The summed E-state index contributed by atoms with van der Waals surface area (Å²) in [6, 6.07) is 9.10. The molecule has 13 heavy (non-hydrogen) atoms. The van der Waals surface area contributed by atoms with Crippen LogP contribution in [0.15, 0.2) is 30.3 Å². The molecule has 0 saturated carbocycles. The molecule has 0 radical (unpaired) electrons. The number of hydrogen-bond acceptors (Lipinski definition) is 2. The van der Waals surface area contributed by atoms with E-state index in [9.17, 15) is 4.79 Å². The summed E-state index contributed by atoms with van der Waals surface area (Å²) in [5, 5.41) is 3.22. The predicted molar refractivity (Wildman–Crippen MR) is 53.9 cm³/mol. The van der Waals surface area contributed by atoms with E-state index >= 15 is 0 Å². The smallest absolute Gasteiger partial charge is 0.150 e. The van der Waals surface area contributed by atoms with Crippen LogP contribution in [-0.2, 0) is 0 Å². The average Bonchev–Trinajstić information content (AvgIpc) is 2.77. The second-order valence-corrected chi connectivity index (χ2v) is 2.99. The summed E-state index contributed by atoms with van der Waals surface area (Å²) in [6.07, 6.45) is 3.61. The van der Waals surface area contributed by atoms with Crippen LogP contribution >= 0.6 is 0 Å². The fourth-order valence-electron chi connectivity index (χ4n) is 1.16. The normalized spacial score (nSPS) is 14.5. The van der Waals surface area contributed by atoms with E-state index in [1.54, 1.807) is 12.1 Å². The van der Waals surface area contributed by atoms with Gasteiger partial charge in [0.05, 0.1) is 0 Å². The van der Waals surface area contributed by atoms with E-state index in [1.807, 2.05) is 18.2 Å². The summed E-state index contributed by atoms with van der Waals surface area (Å²) in [5.41, 5.74) is 0.729. The molecule has 1 N–H and O–H groups in total. The molecule has 1 aromatic rings. The Kier molecular flexibility index (Phi) is 4.87. The Balaban J connectivity index is 0.000000145. The Bertz CT molecular complexity index is 221. The van der Waals surface area contributed by atoms with Crippen LogP contribution in [0, 0.1) is 0 Å². The largest absolute Gasteiger partial charge is 0.317 e. The summed E-state index contributed by atoms with van der Waals surface area (Å²) < 4.78 is 0. The maximum Gasteiger partial charge on any atom is 0.150 e. The minimum absolute atomic E-state index is 0.729. The predicted octanol–water partition coefficient (Wildman–Crippen LogP) is 1.87. The van der Waals surface area contributed by atoms with Crippen LogP contribution in [0.25, 0.3) is 0 Å². The summed E-state index contributed by atoms with van der Waals surface area (Å²) >= 11 is 0. The third-order valence-electron chi connectivity index (χ3n) is 1.89. The monoisotopic (exact) mass is 177 g/mol. The fourth-order valence-corrected chi connectivity index (χ4v) is 1.16. The minimum atomic E-state index is 0.729.